The Morgan fingerprint density at radius 3 is 2.31 bits per heavy atom. The van der Waals surface area contributed by atoms with Gasteiger partial charge in [0.2, 0.25) is 0 Å². The van der Waals surface area contributed by atoms with Crippen LogP contribution >= 0.6 is 10.2 Å². The van der Waals surface area contributed by atoms with Crippen LogP contribution in [0.5, 0.6) is 0 Å². The average molecular weight is 259 g/mol. The molecule has 0 spiro atoms. The monoisotopic (exact) mass is 259 g/mol. The van der Waals surface area contributed by atoms with Crippen molar-refractivity contribution in [1.82, 2.24) is 4.98 Å². The summed E-state index contributed by atoms with van der Waals surface area (Å²) in [6.45, 7) is 1.42. The molecule has 0 aliphatic rings. The van der Waals surface area contributed by atoms with E-state index >= 15 is 0 Å². The molecule has 0 saturated carbocycles. The minimum absolute atomic E-state index is 0.0445. The average Bonchev–Trinajstić information content (AvgIpc) is 2.38. The third kappa shape index (κ3) is 1.97. The molecule has 2 aromatic rings. The lowest BCUT2D eigenvalue weighted by atomic mass is 10.3. The fraction of sp³-hybridized carbons (Fsp3) is 0.125. The van der Waals surface area contributed by atoms with Crippen molar-refractivity contribution in [3.63, 3.8) is 0 Å². The first kappa shape index (κ1) is 11.2. The fourth-order valence-electron chi connectivity index (χ4n) is 1.26. The molecular weight excluding hydrogens is 253 g/mol. The van der Waals surface area contributed by atoms with Crippen molar-refractivity contribution in [2.75, 3.05) is 0 Å². The highest BCUT2D eigenvalue weighted by molar-refractivity contribution is 8.45. The predicted octanol–water partition coefficient (Wildman–Crippen LogP) is 4.79. The maximum atomic E-state index is 12.4. The van der Waals surface area contributed by atoms with Gasteiger partial charge in [-0.1, -0.05) is 19.4 Å². The van der Waals surface area contributed by atoms with Gasteiger partial charge >= 0.3 is 10.2 Å². The lowest BCUT2D eigenvalue weighted by Crippen LogP contribution is -2.05. The molecule has 16 heavy (non-hydrogen) atoms. The van der Waals surface area contributed by atoms with Crippen molar-refractivity contribution in [3.8, 4) is 0 Å². The van der Waals surface area contributed by atoms with Gasteiger partial charge in [-0.15, -0.1) is 0 Å². The molecule has 0 atom stereocenters. The molecule has 90 valence electrons. The third-order valence-electron chi connectivity index (χ3n) is 1.91. The molecule has 0 N–H and O–H groups in total. The highest BCUT2D eigenvalue weighted by Gasteiger charge is 2.65. The van der Waals surface area contributed by atoms with Crippen molar-refractivity contribution in [2.45, 2.75) is 11.8 Å². The number of fused-ring (bicyclic) bond motifs is 1. The number of hydrogen-bond donors (Lipinski definition) is 0. The topological polar surface area (TPSA) is 26.0 Å². The van der Waals surface area contributed by atoms with Crippen LogP contribution in [0, 0.1) is 6.92 Å². The zero-order valence-corrected chi connectivity index (χ0v) is 8.70. The van der Waals surface area contributed by atoms with E-state index in [1.54, 1.807) is 0 Å². The van der Waals surface area contributed by atoms with Gasteiger partial charge in [-0.05, 0) is 18.2 Å². The summed E-state index contributed by atoms with van der Waals surface area (Å²) in [5.41, 5.74) is -0.189. The largest absolute Gasteiger partial charge is 0.441 e. The van der Waals surface area contributed by atoms with Gasteiger partial charge in [-0.25, -0.2) is 4.98 Å². The number of aryl methyl sites for hydroxylation is 1. The number of aromatic nitrogens is 1. The summed E-state index contributed by atoms with van der Waals surface area (Å²) in [5.74, 6) is 0.120. The van der Waals surface area contributed by atoms with Crippen molar-refractivity contribution >= 4 is 21.3 Å². The first-order valence-electron chi connectivity index (χ1n) is 4.07. The van der Waals surface area contributed by atoms with E-state index in [4.69, 9.17) is 4.42 Å². The summed E-state index contributed by atoms with van der Waals surface area (Å²) in [7, 11) is -9.63. The molecule has 2 nitrogen and oxygen atoms in total. The first-order chi connectivity index (χ1) is 6.95. The highest BCUT2D eigenvalue weighted by Crippen LogP contribution is 3.02. The van der Waals surface area contributed by atoms with Gasteiger partial charge in [0.25, 0.3) is 0 Å². The zero-order chi connectivity index (χ0) is 12.3. The van der Waals surface area contributed by atoms with Crippen molar-refractivity contribution in [2.24, 2.45) is 0 Å². The molecule has 0 amide bonds. The molecule has 1 aromatic carbocycles. The van der Waals surface area contributed by atoms with Crippen LogP contribution in [0.1, 0.15) is 5.89 Å². The summed E-state index contributed by atoms with van der Waals surface area (Å²) in [4.78, 5) is 1.61. The van der Waals surface area contributed by atoms with E-state index < -0.39 is 15.1 Å². The van der Waals surface area contributed by atoms with Crippen LogP contribution in [0.3, 0.4) is 0 Å². The highest BCUT2D eigenvalue weighted by atomic mass is 32.5. The number of hydrogen-bond acceptors (Lipinski definition) is 2. The van der Waals surface area contributed by atoms with Crippen LogP contribution < -0.4 is 0 Å². The van der Waals surface area contributed by atoms with Crippen molar-refractivity contribution < 1.29 is 23.8 Å². The molecule has 0 aliphatic carbocycles. The third-order valence-corrected chi connectivity index (χ3v) is 3.06. The number of halogens is 5. The quantitative estimate of drug-likeness (QED) is 0.688. The van der Waals surface area contributed by atoms with E-state index in [1.165, 1.54) is 6.92 Å². The maximum absolute atomic E-state index is 12.4. The zero-order valence-electron chi connectivity index (χ0n) is 7.89. The summed E-state index contributed by atoms with van der Waals surface area (Å²) in [6, 6.07) is 1.43. The van der Waals surface area contributed by atoms with Crippen LogP contribution in [0.25, 0.3) is 11.1 Å². The lowest BCUT2D eigenvalue weighted by Gasteiger charge is -2.40. The summed E-state index contributed by atoms with van der Waals surface area (Å²) in [6.07, 6.45) is 0. The van der Waals surface area contributed by atoms with Crippen LogP contribution in [0.15, 0.2) is 27.5 Å². The molecule has 1 aromatic heterocycles. The SMILES string of the molecule is Cc1nc2cc(S(F)(F)(F)(F)F)ccc2o1. The molecule has 0 radical (unpaired) electrons. The van der Waals surface area contributed by atoms with Crippen LogP contribution in [-0.2, 0) is 0 Å². The molecule has 0 fully saturated rings. The summed E-state index contributed by atoms with van der Waals surface area (Å²) in [5, 5.41) is 0. The first-order valence-corrected chi connectivity index (χ1v) is 6.02. The standard InChI is InChI=1S/C8H6F5NOS/c1-5-14-7-4-6(2-3-8(7)15-5)16(9,10,11,12)13/h2-4H,1H3. The minimum atomic E-state index is -9.63. The second-order valence-corrected chi connectivity index (χ2v) is 5.74. The van der Waals surface area contributed by atoms with E-state index in [1.807, 2.05) is 0 Å². The molecule has 1 heterocycles. The summed E-state index contributed by atoms with van der Waals surface area (Å²) < 4.78 is 67.0. The molecular formula is C8H6F5NOS. The summed E-state index contributed by atoms with van der Waals surface area (Å²) >= 11 is 0. The van der Waals surface area contributed by atoms with E-state index in [0.29, 0.717) is 12.1 Å². The van der Waals surface area contributed by atoms with Crippen molar-refractivity contribution in [3.05, 3.63) is 24.1 Å². The molecule has 0 bridgehead atoms. The second kappa shape index (κ2) is 2.34. The minimum Gasteiger partial charge on any atom is -0.441 e. The Morgan fingerprint density at radius 2 is 1.75 bits per heavy atom. The molecule has 0 aliphatic heterocycles. The Balaban J connectivity index is 2.74. The van der Waals surface area contributed by atoms with Gasteiger partial charge < -0.3 is 4.42 Å². The smallest absolute Gasteiger partial charge is 0.310 e. The number of benzene rings is 1. The van der Waals surface area contributed by atoms with E-state index in [2.05, 4.69) is 4.98 Å². The Hall–Kier alpha value is -1.31. The Morgan fingerprint density at radius 1 is 1.12 bits per heavy atom. The van der Waals surface area contributed by atoms with Gasteiger partial charge in [0, 0.05) is 6.92 Å². The lowest BCUT2D eigenvalue weighted by molar-refractivity contribution is 0.364. The van der Waals surface area contributed by atoms with Gasteiger partial charge in [0.05, 0.1) is 0 Å². The van der Waals surface area contributed by atoms with Crippen LogP contribution in [0.4, 0.5) is 19.4 Å². The Kier molecular flexibility index (Phi) is 1.64. The predicted molar refractivity (Wildman–Crippen MR) is 50.1 cm³/mol. The van der Waals surface area contributed by atoms with Gasteiger partial charge in [-0.3, -0.25) is 0 Å². The maximum Gasteiger partial charge on any atom is 0.310 e. The normalized spacial score (nSPS) is 17.1. The van der Waals surface area contributed by atoms with Gasteiger partial charge in [0.15, 0.2) is 11.5 Å². The van der Waals surface area contributed by atoms with Crippen molar-refractivity contribution in [1.29, 1.82) is 0 Å². The molecule has 0 saturated heterocycles. The van der Waals surface area contributed by atoms with E-state index in [-0.39, 0.29) is 17.0 Å². The Labute approximate surface area is 86.8 Å². The number of nitrogens with zero attached hydrogens (tertiary/aromatic N) is 1. The van der Waals surface area contributed by atoms with E-state index in [9.17, 15) is 19.4 Å². The van der Waals surface area contributed by atoms with E-state index in [0.717, 1.165) is 6.07 Å². The number of rotatable bonds is 1. The van der Waals surface area contributed by atoms with Gasteiger partial charge in [-0.2, -0.15) is 0 Å². The fourth-order valence-corrected chi connectivity index (χ4v) is 1.92. The molecule has 0 unspecified atom stereocenters. The Bertz CT molecular complexity index is 573. The van der Waals surface area contributed by atoms with Crippen LogP contribution in [-0.4, -0.2) is 4.98 Å². The molecule has 2 rings (SSSR count). The molecule has 8 heteroatoms. The second-order valence-electron chi connectivity index (χ2n) is 3.33. The van der Waals surface area contributed by atoms with Gasteiger partial charge in [0.1, 0.15) is 10.4 Å². The number of oxazole rings is 1. The van der Waals surface area contributed by atoms with Crippen LogP contribution in [0.2, 0.25) is 0 Å².